The number of benzene rings is 1. The Morgan fingerprint density at radius 1 is 1.10 bits per heavy atom. The van der Waals surface area contributed by atoms with Gasteiger partial charge in [-0.25, -0.2) is 0 Å². The summed E-state index contributed by atoms with van der Waals surface area (Å²) in [6.45, 7) is 6.78. The number of carbonyl (C=O) groups excluding carboxylic acids is 2. The third kappa shape index (κ3) is 4.74. The van der Waals surface area contributed by atoms with Gasteiger partial charge in [0.2, 0.25) is 0 Å². The third-order valence-electron chi connectivity index (χ3n) is 6.20. The van der Waals surface area contributed by atoms with Crippen LogP contribution in [0.2, 0.25) is 0 Å². The summed E-state index contributed by atoms with van der Waals surface area (Å²) in [5, 5.41) is -0.231. The average Bonchev–Trinajstić information content (AvgIpc) is 3.18. The smallest absolute Gasteiger partial charge is 0.293 e. The van der Waals surface area contributed by atoms with Crippen LogP contribution in [0.15, 0.2) is 35.2 Å². The number of aryl methyl sites for hydroxylation is 2. The van der Waals surface area contributed by atoms with Crippen molar-refractivity contribution >= 4 is 29.0 Å². The molecule has 2 heterocycles. The lowest BCUT2D eigenvalue weighted by Crippen LogP contribution is -2.32. The summed E-state index contributed by atoms with van der Waals surface area (Å²) < 4.78 is 8.15. The molecule has 4 rings (SSSR count). The minimum atomic E-state index is -0.231. The number of rotatable bonds is 6. The predicted octanol–water partition coefficient (Wildman–Crippen LogP) is 6.03. The first-order chi connectivity index (χ1) is 14.9. The highest BCUT2D eigenvalue weighted by Crippen LogP contribution is 2.36. The van der Waals surface area contributed by atoms with Crippen molar-refractivity contribution in [2.75, 3.05) is 13.2 Å². The Balaban J connectivity index is 1.44. The molecule has 2 aliphatic rings. The number of amides is 2. The van der Waals surface area contributed by atoms with E-state index in [1.54, 1.807) is 0 Å². The van der Waals surface area contributed by atoms with Gasteiger partial charge in [-0.15, -0.1) is 0 Å². The van der Waals surface area contributed by atoms with E-state index < -0.39 is 0 Å². The van der Waals surface area contributed by atoms with E-state index in [0.29, 0.717) is 10.9 Å². The molecular formula is C25H30N2O3S. The molecule has 6 heteroatoms. The van der Waals surface area contributed by atoms with Crippen LogP contribution in [0.25, 0.3) is 6.08 Å². The van der Waals surface area contributed by atoms with Gasteiger partial charge in [0.05, 0.1) is 11.4 Å². The van der Waals surface area contributed by atoms with Crippen LogP contribution in [0, 0.1) is 20.8 Å². The first kappa shape index (κ1) is 21.8. The summed E-state index contributed by atoms with van der Waals surface area (Å²) in [6, 6.07) is 10.4. The number of imide groups is 1. The molecule has 0 N–H and O–H groups in total. The Hall–Kier alpha value is -2.47. The molecule has 0 bridgehead atoms. The van der Waals surface area contributed by atoms with Crippen LogP contribution < -0.4 is 4.74 Å². The van der Waals surface area contributed by atoms with Gasteiger partial charge in [-0.1, -0.05) is 31.4 Å². The van der Waals surface area contributed by atoms with Crippen LogP contribution in [-0.4, -0.2) is 33.8 Å². The highest BCUT2D eigenvalue weighted by Gasteiger charge is 2.35. The maximum Gasteiger partial charge on any atom is 0.293 e. The van der Waals surface area contributed by atoms with Gasteiger partial charge in [-0.2, -0.15) is 0 Å². The number of hydrogen-bond acceptors (Lipinski definition) is 4. The largest absolute Gasteiger partial charge is 0.492 e. The van der Waals surface area contributed by atoms with Crippen molar-refractivity contribution in [1.82, 2.24) is 9.47 Å². The van der Waals surface area contributed by atoms with Crippen molar-refractivity contribution in [1.29, 1.82) is 0 Å². The second-order valence-corrected chi connectivity index (χ2v) is 9.48. The fourth-order valence-corrected chi connectivity index (χ4v) is 5.50. The standard InChI is InChI=1S/C25H30N2O3S/c1-17-8-7-11-22(14-17)30-13-12-26-24(28)23(31-25(26)29)16-20-15-18(2)27(19(20)3)21-9-5-4-6-10-21/h7-8,11,14-16,21H,4-6,9-10,12-13H2,1-3H3/b23-16-. The third-order valence-corrected chi connectivity index (χ3v) is 7.10. The molecule has 1 aromatic carbocycles. The summed E-state index contributed by atoms with van der Waals surface area (Å²) in [5.74, 6) is 0.517. The van der Waals surface area contributed by atoms with E-state index in [9.17, 15) is 9.59 Å². The first-order valence-electron chi connectivity index (χ1n) is 11.1. The van der Waals surface area contributed by atoms with Crippen molar-refractivity contribution in [3.63, 3.8) is 0 Å². The van der Waals surface area contributed by atoms with Crippen LogP contribution in [-0.2, 0) is 4.79 Å². The van der Waals surface area contributed by atoms with Gasteiger partial charge in [0, 0.05) is 17.4 Å². The van der Waals surface area contributed by atoms with E-state index in [1.807, 2.05) is 37.3 Å². The first-order valence-corrected chi connectivity index (χ1v) is 11.9. The van der Waals surface area contributed by atoms with Crippen LogP contribution in [0.5, 0.6) is 5.75 Å². The van der Waals surface area contributed by atoms with Crippen LogP contribution in [0.4, 0.5) is 4.79 Å². The Kier molecular flexibility index (Phi) is 6.56. The number of nitrogens with zero attached hydrogens (tertiary/aromatic N) is 2. The minimum absolute atomic E-state index is 0.231. The zero-order chi connectivity index (χ0) is 22.0. The Morgan fingerprint density at radius 2 is 1.87 bits per heavy atom. The number of carbonyl (C=O) groups is 2. The topological polar surface area (TPSA) is 51.5 Å². The van der Waals surface area contributed by atoms with Crippen LogP contribution >= 0.6 is 11.8 Å². The Bertz CT molecular complexity index is 1020. The van der Waals surface area contributed by atoms with Crippen molar-refractivity contribution in [3.8, 4) is 5.75 Å². The predicted molar refractivity (Wildman–Crippen MR) is 125 cm³/mol. The summed E-state index contributed by atoms with van der Waals surface area (Å²) in [5.41, 5.74) is 4.54. The summed E-state index contributed by atoms with van der Waals surface area (Å²) >= 11 is 1.02. The molecule has 1 aliphatic carbocycles. The zero-order valence-corrected chi connectivity index (χ0v) is 19.3. The van der Waals surface area contributed by atoms with Crippen molar-refractivity contribution in [2.45, 2.75) is 58.9 Å². The SMILES string of the molecule is Cc1cccc(OCCN2C(=O)S/C(=C\c3cc(C)n(C4CCCCC4)c3C)C2=O)c1. The number of thioether (sulfide) groups is 1. The fourth-order valence-electron chi connectivity index (χ4n) is 4.64. The lowest BCUT2D eigenvalue weighted by atomic mass is 9.95. The lowest BCUT2D eigenvalue weighted by Gasteiger charge is -2.26. The highest BCUT2D eigenvalue weighted by molar-refractivity contribution is 8.18. The molecule has 5 nitrogen and oxygen atoms in total. The molecule has 0 unspecified atom stereocenters. The van der Waals surface area contributed by atoms with Gasteiger partial charge in [0.15, 0.2) is 0 Å². The molecule has 2 aromatic rings. The highest BCUT2D eigenvalue weighted by atomic mass is 32.2. The maximum absolute atomic E-state index is 12.9. The lowest BCUT2D eigenvalue weighted by molar-refractivity contribution is -0.123. The summed E-state index contributed by atoms with van der Waals surface area (Å²) in [7, 11) is 0. The minimum Gasteiger partial charge on any atom is -0.492 e. The monoisotopic (exact) mass is 438 g/mol. The molecule has 1 saturated carbocycles. The fraction of sp³-hybridized carbons (Fsp3) is 0.440. The number of ether oxygens (including phenoxy) is 1. The summed E-state index contributed by atoms with van der Waals surface area (Å²) in [6.07, 6.45) is 8.19. The van der Waals surface area contributed by atoms with Crippen molar-refractivity contribution < 1.29 is 14.3 Å². The summed E-state index contributed by atoms with van der Waals surface area (Å²) in [4.78, 5) is 27.1. The molecule has 164 valence electrons. The van der Waals surface area contributed by atoms with E-state index in [1.165, 1.54) is 48.4 Å². The molecule has 0 atom stereocenters. The van der Waals surface area contributed by atoms with E-state index in [2.05, 4.69) is 24.5 Å². The van der Waals surface area contributed by atoms with Gasteiger partial charge < -0.3 is 9.30 Å². The van der Waals surface area contributed by atoms with Crippen molar-refractivity contribution in [2.24, 2.45) is 0 Å². The average molecular weight is 439 g/mol. The quantitative estimate of drug-likeness (QED) is 0.517. The van der Waals surface area contributed by atoms with Gasteiger partial charge in [-0.3, -0.25) is 14.5 Å². The van der Waals surface area contributed by atoms with Gasteiger partial charge >= 0.3 is 0 Å². The molecule has 1 aliphatic heterocycles. The Labute approximate surface area is 188 Å². The van der Waals surface area contributed by atoms with E-state index >= 15 is 0 Å². The number of hydrogen-bond donors (Lipinski definition) is 0. The molecule has 1 aromatic heterocycles. The molecule has 2 fully saturated rings. The maximum atomic E-state index is 12.9. The van der Waals surface area contributed by atoms with Crippen LogP contribution in [0.1, 0.15) is 60.7 Å². The molecule has 0 spiro atoms. The molecule has 31 heavy (non-hydrogen) atoms. The van der Waals surface area contributed by atoms with Gasteiger partial charge in [-0.05, 0) is 80.8 Å². The number of aromatic nitrogens is 1. The second-order valence-electron chi connectivity index (χ2n) is 8.49. The second kappa shape index (κ2) is 9.35. The molecule has 0 radical (unpaired) electrons. The molecular weight excluding hydrogens is 408 g/mol. The van der Waals surface area contributed by atoms with E-state index in [-0.39, 0.29) is 24.3 Å². The van der Waals surface area contributed by atoms with E-state index in [4.69, 9.17) is 4.74 Å². The normalized spacial score (nSPS) is 18.9. The van der Waals surface area contributed by atoms with Crippen LogP contribution in [0.3, 0.4) is 0 Å². The zero-order valence-electron chi connectivity index (χ0n) is 18.5. The van der Waals surface area contributed by atoms with Gasteiger partial charge in [0.1, 0.15) is 12.4 Å². The van der Waals surface area contributed by atoms with Gasteiger partial charge in [0.25, 0.3) is 11.1 Å². The molecule has 2 amide bonds. The Morgan fingerprint density at radius 3 is 2.61 bits per heavy atom. The van der Waals surface area contributed by atoms with Crippen molar-refractivity contribution in [3.05, 3.63) is 57.8 Å². The van der Waals surface area contributed by atoms with E-state index in [0.717, 1.165) is 28.6 Å². The molecule has 1 saturated heterocycles.